The minimum atomic E-state index is 0.128. The molecule has 0 aromatic heterocycles. The first-order valence-electron chi connectivity index (χ1n) is 6.49. The molecule has 3 rings (SSSR count). The molecule has 0 saturated heterocycles. The van der Waals surface area contributed by atoms with Gasteiger partial charge >= 0.3 is 0 Å². The zero-order chi connectivity index (χ0) is 13.9. The molecule has 2 aromatic rings. The molecule has 0 spiro atoms. The summed E-state index contributed by atoms with van der Waals surface area (Å²) in [4.78, 5) is 2.63. The molecule has 0 bridgehead atoms. The molecule has 2 nitrogen and oxygen atoms in total. The summed E-state index contributed by atoms with van der Waals surface area (Å²) in [6.45, 7) is 0.158. The maximum atomic E-state index is 9.79. The number of methoxy groups -OCH3 is 1. The molecule has 1 aliphatic rings. The molecule has 1 atom stereocenters. The number of thioether (sulfide) groups is 2. The van der Waals surface area contributed by atoms with Gasteiger partial charge in [0.25, 0.3) is 0 Å². The molecule has 1 heterocycles. The van der Waals surface area contributed by atoms with E-state index in [0.717, 1.165) is 11.3 Å². The van der Waals surface area contributed by atoms with Gasteiger partial charge in [0, 0.05) is 15.7 Å². The fourth-order valence-electron chi connectivity index (χ4n) is 2.28. The number of aliphatic hydroxyl groups is 1. The molecule has 0 radical (unpaired) electrons. The van der Waals surface area contributed by atoms with E-state index in [1.54, 1.807) is 7.11 Å². The number of rotatable bonds is 4. The van der Waals surface area contributed by atoms with Crippen LogP contribution in [0.15, 0.2) is 58.3 Å². The van der Waals surface area contributed by atoms with Gasteiger partial charge in [-0.2, -0.15) is 0 Å². The molecule has 0 aliphatic carbocycles. The van der Waals surface area contributed by atoms with Crippen LogP contribution in [0.3, 0.4) is 0 Å². The average Bonchev–Trinajstić information content (AvgIpc) is 2.92. The summed E-state index contributed by atoms with van der Waals surface area (Å²) in [5, 5.41) is 9.79. The molecule has 104 valence electrons. The number of fused-ring (bicyclic) bond motifs is 1. The SMILES string of the molecule is COc1ccc([C@H](CO)C2Sc3ccccc3S2)cc1. The van der Waals surface area contributed by atoms with Crippen LogP contribution in [0.2, 0.25) is 0 Å². The summed E-state index contributed by atoms with van der Waals surface area (Å²) in [5.41, 5.74) is 1.16. The van der Waals surface area contributed by atoms with Crippen molar-refractivity contribution in [1.82, 2.24) is 0 Å². The Labute approximate surface area is 127 Å². The van der Waals surface area contributed by atoms with Crippen molar-refractivity contribution >= 4 is 23.5 Å². The minimum Gasteiger partial charge on any atom is -0.497 e. The van der Waals surface area contributed by atoms with Gasteiger partial charge in [-0.1, -0.05) is 24.3 Å². The summed E-state index contributed by atoms with van der Waals surface area (Å²) in [6.07, 6.45) is 0. The number of aliphatic hydroxyl groups excluding tert-OH is 1. The second kappa shape index (κ2) is 6.12. The van der Waals surface area contributed by atoms with Crippen LogP contribution in [0.1, 0.15) is 11.5 Å². The number of benzene rings is 2. The van der Waals surface area contributed by atoms with Crippen LogP contribution >= 0.6 is 23.5 Å². The maximum Gasteiger partial charge on any atom is 0.118 e. The predicted molar refractivity (Wildman–Crippen MR) is 84.8 cm³/mol. The molecule has 0 unspecified atom stereocenters. The second-order valence-corrected chi connectivity index (χ2v) is 7.28. The maximum absolute atomic E-state index is 9.79. The van der Waals surface area contributed by atoms with Gasteiger partial charge in [-0.15, -0.1) is 23.5 Å². The monoisotopic (exact) mass is 304 g/mol. The largest absolute Gasteiger partial charge is 0.497 e. The highest BCUT2D eigenvalue weighted by atomic mass is 32.2. The molecule has 2 aromatic carbocycles. The smallest absolute Gasteiger partial charge is 0.118 e. The van der Waals surface area contributed by atoms with Crippen molar-refractivity contribution in [2.75, 3.05) is 13.7 Å². The van der Waals surface area contributed by atoms with E-state index in [4.69, 9.17) is 4.74 Å². The standard InChI is InChI=1S/C16H16O2S2/c1-18-12-8-6-11(7-9-12)13(10-17)16-19-14-4-2-3-5-15(14)20-16/h2-9,13,16-17H,10H2,1H3/t13-/m0/s1. The van der Waals surface area contributed by atoms with Crippen LogP contribution in [-0.2, 0) is 0 Å². The van der Waals surface area contributed by atoms with E-state index in [1.807, 2.05) is 47.8 Å². The highest BCUT2D eigenvalue weighted by Crippen LogP contribution is 2.52. The summed E-state index contributed by atoms with van der Waals surface area (Å²) >= 11 is 3.69. The third-order valence-electron chi connectivity index (χ3n) is 3.40. The molecule has 0 saturated carbocycles. The second-order valence-electron chi connectivity index (χ2n) is 4.61. The van der Waals surface area contributed by atoms with Crippen molar-refractivity contribution < 1.29 is 9.84 Å². The molecule has 20 heavy (non-hydrogen) atoms. The summed E-state index contributed by atoms with van der Waals surface area (Å²) in [7, 11) is 1.66. The molecule has 4 heteroatoms. The fraction of sp³-hybridized carbons (Fsp3) is 0.250. The Balaban J connectivity index is 1.81. The Morgan fingerprint density at radius 3 is 2.15 bits per heavy atom. The van der Waals surface area contributed by atoms with E-state index >= 15 is 0 Å². The van der Waals surface area contributed by atoms with E-state index in [2.05, 4.69) is 24.3 Å². The van der Waals surface area contributed by atoms with Crippen molar-refractivity contribution in [1.29, 1.82) is 0 Å². The Bertz CT molecular complexity index is 558. The van der Waals surface area contributed by atoms with Crippen LogP contribution < -0.4 is 4.74 Å². The van der Waals surface area contributed by atoms with Crippen LogP contribution in [0.5, 0.6) is 5.75 Å². The minimum absolute atomic E-state index is 0.128. The van der Waals surface area contributed by atoms with E-state index in [9.17, 15) is 5.11 Å². The Morgan fingerprint density at radius 1 is 1.05 bits per heavy atom. The zero-order valence-corrected chi connectivity index (χ0v) is 12.8. The third-order valence-corrected chi connectivity index (χ3v) is 6.45. The first kappa shape index (κ1) is 13.9. The van der Waals surface area contributed by atoms with Gasteiger partial charge in [0.1, 0.15) is 5.75 Å². The van der Waals surface area contributed by atoms with Crippen molar-refractivity contribution in [3.8, 4) is 5.75 Å². The lowest BCUT2D eigenvalue weighted by Gasteiger charge is -2.20. The normalized spacial score (nSPS) is 15.9. The van der Waals surface area contributed by atoms with Crippen LogP contribution in [0.4, 0.5) is 0 Å². The average molecular weight is 304 g/mol. The molecule has 1 aliphatic heterocycles. The lowest BCUT2D eigenvalue weighted by Crippen LogP contribution is -2.14. The highest BCUT2D eigenvalue weighted by molar-refractivity contribution is 8.19. The topological polar surface area (TPSA) is 29.5 Å². The van der Waals surface area contributed by atoms with Gasteiger partial charge in [-0.05, 0) is 29.8 Å². The summed E-state index contributed by atoms with van der Waals surface area (Å²) in [5.74, 6) is 0.976. The van der Waals surface area contributed by atoms with Gasteiger partial charge in [-0.25, -0.2) is 0 Å². The van der Waals surface area contributed by atoms with Gasteiger partial charge in [-0.3, -0.25) is 0 Å². The molecular weight excluding hydrogens is 288 g/mol. The molecule has 0 amide bonds. The quantitative estimate of drug-likeness (QED) is 0.924. The van der Waals surface area contributed by atoms with E-state index in [-0.39, 0.29) is 12.5 Å². The van der Waals surface area contributed by atoms with Crippen LogP contribution in [0, 0.1) is 0 Å². The fourth-order valence-corrected chi connectivity index (χ4v) is 5.38. The molecule has 1 N–H and O–H groups in total. The van der Waals surface area contributed by atoms with Gasteiger partial charge < -0.3 is 9.84 Å². The summed E-state index contributed by atoms with van der Waals surface area (Å²) in [6, 6.07) is 16.4. The van der Waals surface area contributed by atoms with E-state index in [1.165, 1.54) is 9.79 Å². The molecule has 0 fully saturated rings. The number of ether oxygens (including phenoxy) is 1. The predicted octanol–water partition coefficient (Wildman–Crippen LogP) is 4.00. The number of hydrogen-bond donors (Lipinski definition) is 1. The van der Waals surface area contributed by atoms with Crippen LogP contribution in [0.25, 0.3) is 0 Å². The summed E-state index contributed by atoms with van der Waals surface area (Å²) < 4.78 is 5.51. The third kappa shape index (κ3) is 2.68. The van der Waals surface area contributed by atoms with Crippen molar-refractivity contribution in [3.05, 3.63) is 54.1 Å². The lowest BCUT2D eigenvalue weighted by molar-refractivity contribution is 0.272. The number of hydrogen-bond acceptors (Lipinski definition) is 4. The van der Waals surface area contributed by atoms with Crippen molar-refractivity contribution in [3.63, 3.8) is 0 Å². The zero-order valence-electron chi connectivity index (χ0n) is 11.2. The lowest BCUT2D eigenvalue weighted by atomic mass is 10.0. The first-order chi connectivity index (χ1) is 9.81. The van der Waals surface area contributed by atoms with Gasteiger partial charge in [0.15, 0.2) is 0 Å². The van der Waals surface area contributed by atoms with Crippen molar-refractivity contribution in [2.45, 2.75) is 20.3 Å². The Kier molecular flexibility index (Phi) is 4.24. The molecular formula is C16H16O2S2. The van der Waals surface area contributed by atoms with Gasteiger partial charge in [0.05, 0.1) is 18.3 Å². The van der Waals surface area contributed by atoms with Gasteiger partial charge in [0.2, 0.25) is 0 Å². The Hall–Kier alpha value is -1.10. The Morgan fingerprint density at radius 2 is 1.65 bits per heavy atom. The van der Waals surface area contributed by atoms with Crippen molar-refractivity contribution in [2.24, 2.45) is 0 Å². The van der Waals surface area contributed by atoms with E-state index < -0.39 is 0 Å². The van der Waals surface area contributed by atoms with E-state index in [0.29, 0.717) is 4.58 Å². The van der Waals surface area contributed by atoms with Crippen LogP contribution in [-0.4, -0.2) is 23.4 Å². The first-order valence-corrected chi connectivity index (χ1v) is 8.25. The highest BCUT2D eigenvalue weighted by Gasteiger charge is 2.30.